The Morgan fingerprint density at radius 1 is 0.397 bits per heavy atom. The summed E-state index contributed by atoms with van der Waals surface area (Å²) < 4.78 is 39.4. The molecule has 0 aliphatic heterocycles. The first-order valence-corrected chi connectivity index (χ1v) is 30.1. The lowest BCUT2D eigenvalue weighted by Gasteiger charge is -2.21. The fourth-order valence-corrected chi connectivity index (χ4v) is 9.06. The van der Waals surface area contributed by atoms with Gasteiger partial charge in [0.25, 0.3) is 0 Å². The minimum Gasteiger partial charge on any atom is -0.462 e. The quantitative estimate of drug-likeness (QED) is 0.0197. The SMILES string of the molecule is CCCC/C=C\CCCCCCCC(=O)OC(COC(=O)CCCCCCCCCCCCCCCCCCCCC)COP(=O)(O)OCC(CO)OC(=O)CCCCCCCCCCCCC. The third-order valence-corrected chi connectivity index (χ3v) is 13.6. The number of allylic oxidation sites excluding steroid dienone is 2. The molecule has 0 aromatic heterocycles. The van der Waals surface area contributed by atoms with Crippen LogP contribution < -0.4 is 0 Å². The van der Waals surface area contributed by atoms with Crippen molar-refractivity contribution in [2.75, 3.05) is 26.4 Å². The van der Waals surface area contributed by atoms with Crippen molar-refractivity contribution in [3.8, 4) is 0 Å². The van der Waals surface area contributed by atoms with Gasteiger partial charge in [0.15, 0.2) is 6.10 Å². The van der Waals surface area contributed by atoms with Crippen molar-refractivity contribution in [3.05, 3.63) is 12.2 Å². The Morgan fingerprint density at radius 3 is 1.06 bits per heavy atom. The van der Waals surface area contributed by atoms with E-state index >= 15 is 0 Å². The van der Waals surface area contributed by atoms with Crippen LogP contribution in [-0.4, -0.2) is 66.5 Å². The monoisotopic (exact) mass is 987 g/mol. The second-order valence-electron chi connectivity index (χ2n) is 19.5. The van der Waals surface area contributed by atoms with Gasteiger partial charge in [0.2, 0.25) is 0 Å². The molecule has 0 aliphatic carbocycles. The average molecular weight is 987 g/mol. The summed E-state index contributed by atoms with van der Waals surface area (Å²) in [5.41, 5.74) is 0. The highest BCUT2D eigenvalue weighted by Crippen LogP contribution is 2.43. The van der Waals surface area contributed by atoms with Crippen LogP contribution in [0, 0.1) is 0 Å². The van der Waals surface area contributed by atoms with Gasteiger partial charge in [-0.2, -0.15) is 0 Å². The molecule has 11 nitrogen and oxygen atoms in total. The molecule has 402 valence electrons. The Bertz CT molecular complexity index is 1200. The summed E-state index contributed by atoms with van der Waals surface area (Å²) >= 11 is 0. The molecule has 0 aromatic rings. The topological polar surface area (TPSA) is 155 Å². The number of unbranched alkanes of at least 4 members (excludes halogenated alkanes) is 35. The summed E-state index contributed by atoms with van der Waals surface area (Å²) in [5, 5.41) is 9.77. The number of carbonyl (C=O) groups is 3. The van der Waals surface area contributed by atoms with Gasteiger partial charge in [-0.1, -0.05) is 245 Å². The van der Waals surface area contributed by atoms with Gasteiger partial charge in [0, 0.05) is 19.3 Å². The fraction of sp³-hybridized carbons (Fsp3) is 0.911. The highest BCUT2D eigenvalue weighted by Gasteiger charge is 2.28. The summed E-state index contributed by atoms with van der Waals surface area (Å²) in [6.07, 6.45) is 49.0. The maximum Gasteiger partial charge on any atom is 0.472 e. The molecule has 0 amide bonds. The summed E-state index contributed by atoms with van der Waals surface area (Å²) in [7, 11) is -4.73. The van der Waals surface area contributed by atoms with Gasteiger partial charge in [-0.3, -0.25) is 23.4 Å². The van der Waals surface area contributed by atoms with Gasteiger partial charge < -0.3 is 24.2 Å². The number of hydrogen-bond donors (Lipinski definition) is 2. The van der Waals surface area contributed by atoms with E-state index in [4.69, 9.17) is 23.3 Å². The molecule has 0 saturated heterocycles. The maximum atomic E-state index is 12.9. The van der Waals surface area contributed by atoms with Gasteiger partial charge in [0.1, 0.15) is 12.7 Å². The molecule has 0 rings (SSSR count). The van der Waals surface area contributed by atoms with Gasteiger partial charge in [-0.05, 0) is 38.5 Å². The van der Waals surface area contributed by atoms with Crippen molar-refractivity contribution in [3.63, 3.8) is 0 Å². The number of carbonyl (C=O) groups excluding carboxylic acids is 3. The number of rotatable bonds is 54. The van der Waals surface area contributed by atoms with Crippen molar-refractivity contribution < 1.29 is 52.2 Å². The van der Waals surface area contributed by atoms with Crippen LogP contribution in [0.1, 0.15) is 290 Å². The van der Waals surface area contributed by atoms with Gasteiger partial charge >= 0.3 is 25.7 Å². The van der Waals surface area contributed by atoms with Crippen LogP contribution in [0.5, 0.6) is 0 Å². The molecule has 3 unspecified atom stereocenters. The number of aliphatic hydroxyl groups excluding tert-OH is 1. The lowest BCUT2D eigenvalue weighted by Crippen LogP contribution is -2.30. The lowest BCUT2D eigenvalue weighted by molar-refractivity contribution is -0.161. The van der Waals surface area contributed by atoms with E-state index < -0.39 is 57.8 Å². The maximum absolute atomic E-state index is 12.9. The normalized spacial score (nSPS) is 13.4. The van der Waals surface area contributed by atoms with Crippen molar-refractivity contribution in [2.24, 2.45) is 0 Å². The zero-order chi connectivity index (χ0) is 49.9. The second-order valence-corrected chi connectivity index (χ2v) is 20.9. The molecule has 0 fully saturated rings. The van der Waals surface area contributed by atoms with Crippen molar-refractivity contribution in [1.82, 2.24) is 0 Å². The number of phosphoric acid groups is 1. The lowest BCUT2D eigenvalue weighted by atomic mass is 10.0. The predicted molar refractivity (Wildman–Crippen MR) is 280 cm³/mol. The summed E-state index contributed by atoms with van der Waals surface area (Å²) in [5.74, 6) is -1.45. The highest BCUT2D eigenvalue weighted by molar-refractivity contribution is 7.47. The van der Waals surface area contributed by atoms with Crippen LogP contribution in [0.25, 0.3) is 0 Å². The van der Waals surface area contributed by atoms with Crippen LogP contribution in [0.15, 0.2) is 12.2 Å². The van der Waals surface area contributed by atoms with E-state index in [1.165, 1.54) is 154 Å². The molecule has 68 heavy (non-hydrogen) atoms. The van der Waals surface area contributed by atoms with Crippen LogP contribution in [-0.2, 0) is 42.2 Å². The van der Waals surface area contributed by atoms with E-state index in [1.807, 2.05) is 0 Å². The molecule has 0 spiro atoms. The van der Waals surface area contributed by atoms with E-state index in [-0.39, 0.29) is 25.9 Å². The molecule has 3 atom stereocenters. The van der Waals surface area contributed by atoms with Crippen LogP contribution >= 0.6 is 7.82 Å². The van der Waals surface area contributed by atoms with Crippen molar-refractivity contribution >= 4 is 25.7 Å². The Kier molecular flexibility index (Phi) is 50.2. The molecule has 0 aliphatic rings. The zero-order valence-electron chi connectivity index (χ0n) is 44.4. The van der Waals surface area contributed by atoms with E-state index in [1.54, 1.807) is 0 Å². The third-order valence-electron chi connectivity index (χ3n) is 12.7. The first kappa shape index (κ1) is 66.2. The first-order chi connectivity index (χ1) is 33.2. The van der Waals surface area contributed by atoms with Crippen LogP contribution in [0.3, 0.4) is 0 Å². The average Bonchev–Trinajstić information content (AvgIpc) is 3.32. The third kappa shape index (κ3) is 49.2. The number of hydrogen-bond acceptors (Lipinski definition) is 10. The first-order valence-electron chi connectivity index (χ1n) is 28.6. The molecule has 0 bridgehead atoms. The minimum absolute atomic E-state index is 0.163. The van der Waals surface area contributed by atoms with Crippen molar-refractivity contribution in [2.45, 2.75) is 303 Å². The van der Waals surface area contributed by atoms with Crippen LogP contribution in [0.4, 0.5) is 0 Å². The van der Waals surface area contributed by atoms with E-state index in [9.17, 15) is 28.9 Å². The number of aliphatic hydroxyl groups is 1. The standard InChI is InChI=1S/C56H107O11P/c1-4-7-10-13-16-19-22-23-24-25-26-27-28-29-32-33-36-39-42-45-54(58)63-49-53(67-56(60)47-44-41-38-35-31-21-18-15-12-9-6-3)51-65-68(61,62)64-50-52(48-57)66-55(59)46-43-40-37-34-30-20-17-14-11-8-5-2/h15,18,52-53,57H,4-14,16-17,19-51H2,1-3H3,(H,61,62)/b18-15-. The van der Waals surface area contributed by atoms with Crippen LogP contribution in [0.2, 0.25) is 0 Å². The molecule has 0 radical (unpaired) electrons. The smallest absolute Gasteiger partial charge is 0.462 e. The number of phosphoric ester groups is 1. The molecule has 12 heteroatoms. The molecule has 0 heterocycles. The molecule has 2 N–H and O–H groups in total. The Labute approximate surface area is 417 Å². The van der Waals surface area contributed by atoms with Gasteiger partial charge in [-0.25, -0.2) is 4.57 Å². The molecule has 0 saturated carbocycles. The Balaban J connectivity index is 4.60. The molecular formula is C56H107O11P. The summed E-state index contributed by atoms with van der Waals surface area (Å²) in [4.78, 5) is 48.4. The molecule has 0 aromatic carbocycles. The highest BCUT2D eigenvalue weighted by atomic mass is 31.2. The fourth-order valence-electron chi connectivity index (χ4n) is 8.28. The van der Waals surface area contributed by atoms with E-state index in [0.29, 0.717) is 19.3 Å². The molecular weight excluding hydrogens is 880 g/mol. The second kappa shape index (κ2) is 51.6. The summed E-state index contributed by atoms with van der Waals surface area (Å²) in [6.45, 7) is 4.63. The van der Waals surface area contributed by atoms with Crippen molar-refractivity contribution in [1.29, 1.82) is 0 Å². The van der Waals surface area contributed by atoms with Gasteiger partial charge in [-0.15, -0.1) is 0 Å². The largest absolute Gasteiger partial charge is 0.472 e. The minimum atomic E-state index is -4.73. The zero-order valence-corrected chi connectivity index (χ0v) is 45.2. The predicted octanol–water partition coefficient (Wildman–Crippen LogP) is 16.5. The van der Waals surface area contributed by atoms with E-state index in [0.717, 1.165) is 77.0 Å². The Morgan fingerprint density at radius 2 is 0.691 bits per heavy atom. The summed E-state index contributed by atoms with van der Waals surface area (Å²) in [6, 6.07) is 0. The van der Waals surface area contributed by atoms with Gasteiger partial charge in [0.05, 0.1) is 19.8 Å². The van der Waals surface area contributed by atoms with E-state index in [2.05, 4.69) is 32.9 Å². The Hall–Kier alpha value is -1.78. The number of ether oxygens (including phenoxy) is 3. The number of esters is 3.